The Morgan fingerprint density at radius 1 is 1.10 bits per heavy atom. The fourth-order valence-corrected chi connectivity index (χ4v) is 3.27. The summed E-state index contributed by atoms with van der Waals surface area (Å²) < 4.78 is 0. The largest absolute Gasteiger partial charge is 0.337 e. The summed E-state index contributed by atoms with van der Waals surface area (Å²) >= 11 is 0. The Morgan fingerprint density at radius 2 is 1.87 bits per heavy atom. The third-order valence-electron chi connectivity index (χ3n) is 5.01. The van der Waals surface area contributed by atoms with Crippen molar-refractivity contribution in [2.75, 3.05) is 5.43 Å². The molecule has 5 N–H and O–H groups in total. The number of aromatic nitrogens is 4. The molecule has 0 fully saturated rings. The predicted octanol–water partition coefficient (Wildman–Crippen LogP) is 5.32. The first-order valence-corrected chi connectivity index (χ1v) is 10.1. The smallest absolute Gasteiger partial charge is 0.159 e. The van der Waals surface area contributed by atoms with Crippen molar-refractivity contribution in [3.05, 3.63) is 48.2 Å². The van der Waals surface area contributed by atoms with Gasteiger partial charge >= 0.3 is 0 Å². The number of nitrogens with zero attached hydrogens (tertiary/aromatic N) is 3. The number of rotatable bonds is 5. The van der Waals surface area contributed by atoms with Crippen molar-refractivity contribution in [2.45, 2.75) is 39.5 Å². The summed E-state index contributed by atoms with van der Waals surface area (Å²) in [5.41, 5.74) is 10.2. The van der Waals surface area contributed by atoms with Crippen LogP contribution < -0.4 is 11.3 Å². The van der Waals surface area contributed by atoms with E-state index in [1.807, 2.05) is 43.5 Å². The number of benzene rings is 2. The first-order chi connectivity index (χ1) is 14.4. The average Bonchev–Trinajstić information content (AvgIpc) is 3.38. The van der Waals surface area contributed by atoms with E-state index in [0.29, 0.717) is 0 Å². The molecule has 154 valence electrons. The number of hydrogen-bond donors (Lipinski definition) is 4. The van der Waals surface area contributed by atoms with Gasteiger partial charge in [-0.25, -0.2) is 4.98 Å². The monoisotopic (exact) mass is 401 g/mol. The second-order valence-corrected chi connectivity index (χ2v) is 8.33. The Bertz CT molecular complexity index is 1210. The predicted molar refractivity (Wildman–Crippen MR) is 124 cm³/mol. The normalized spacial score (nSPS) is 12.2. The molecule has 2 aromatic carbocycles. The molecule has 0 aliphatic rings. The fraction of sp³-hybridized carbons (Fsp3) is 0.261. The maximum absolute atomic E-state index is 5.71. The lowest BCUT2D eigenvalue weighted by Gasteiger charge is -2.14. The number of H-pyrrole nitrogens is 2. The molecule has 0 saturated carbocycles. The molecule has 0 atom stereocenters. The molecule has 30 heavy (non-hydrogen) atoms. The fourth-order valence-electron chi connectivity index (χ4n) is 3.27. The molecule has 0 saturated heterocycles. The quantitative estimate of drug-likeness (QED) is 0.206. The lowest BCUT2D eigenvalue weighted by molar-refractivity contribution is 0.567. The number of nitrogens with one attached hydrogen (secondary N) is 3. The molecule has 0 aliphatic carbocycles. The van der Waals surface area contributed by atoms with E-state index in [-0.39, 0.29) is 5.41 Å². The van der Waals surface area contributed by atoms with Gasteiger partial charge in [0.05, 0.1) is 22.4 Å². The van der Waals surface area contributed by atoms with Crippen LogP contribution in [0, 0.1) is 0 Å². The molecule has 4 rings (SSSR count). The van der Waals surface area contributed by atoms with Gasteiger partial charge in [0, 0.05) is 17.3 Å². The van der Waals surface area contributed by atoms with Crippen LogP contribution in [0.15, 0.2) is 47.5 Å². The average molecular weight is 402 g/mol. The van der Waals surface area contributed by atoms with E-state index in [2.05, 4.69) is 58.5 Å². The summed E-state index contributed by atoms with van der Waals surface area (Å²) in [6.45, 7) is 8.50. The first kappa shape index (κ1) is 19.8. The lowest BCUT2D eigenvalue weighted by atomic mass is 9.92. The molecule has 0 radical (unpaired) electrons. The molecular weight excluding hydrogens is 374 g/mol. The highest BCUT2D eigenvalue weighted by Gasteiger charge is 2.18. The second-order valence-electron chi connectivity index (χ2n) is 8.33. The molecule has 0 spiro atoms. The van der Waals surface area contributed by atoms with Crippen LogP contribution in [0.3, 0.4) is 0 Å². The summed E-state index contributed by atoms with van der Waals surface area (Å²) in [4.78, 5) is 12.6. The van der Waals surface area contributed by atoms with Crippen LogP contribution in [0.5, 0.6) is 0 Å². The van der Waals surface area contributed by atoms with Crippen LogP contribution in [-0.2, 0) is 5.41 Å². The van der Waals surface area contributed by atoms with Crippen molar-refractivity contribution in [1.29, 1.82) is 0 Å². The van der Waals surface area contributed by atoms with E-state index in [4.69, 9.17) is 10.8 Å². The summed E-state index contributed by atoms with van der Waals surface area (Å²) in [5, 5.41) is 7.55. The van der Waals surface area contributed by atoms with E-state index >= 15 is 0 Å². The molecule has 7 heteroatoms. The number of fused-ring (bicyclic) bond motifs is 1. The number of anilines is 1. The van der Waals surface area contributed by atoms with E-state index in [9.17, 15) is 0 Å². The zero-order valence-electron chi connectivity index (χ0n) is 17.7. The van der Waals surface area contributed by atoms with Crippen LogP contribution in [-0.4, -0.2) is 26.4 Å². The summed E-state index contributed by atoms with van der Waals surface area (Å²) in [6.07, 6.45) is 2.74. The molecular formula is C23H27N7. The number of hydrazine groups is 1. The minimum Gasteiger partial charge on any atom is -0.337 e. The zero-order chi connectivity index (χ0) is 21.3. The van der Waals surface area contributed by atoms with Gasteiger partial charge in [0.1, 0.15) is 5.69 Å². The van der Waals surface area contributed by atoms with E-state index in [0.717, 1.165) is 57.2 Å². The Hall–Kier alpha value is -3.45. The maximum Gasteiger partial charge on any atom is 0.159 e. The molecule has 0 unspecified atom stereocenters. The summed E-state index contributed by atoms with van der Waals surface area (Å²) in [5.74, 6) is 6.46. The number of imidazole rings is 1. The Balaban J connectivity index is 1.69. The van der Waals surface area contributed by atoms with E-state index in [1.54, 1.807) is 0 Å². The zero-order valence-corrected chi connectivity index (χ0v) is 17.7. The van der Waals surface area contributed by atoms with Crippen LogP contribution in [0.25, 0.3) is 33.7 Å². The number of aliphatic imine (C=N–C) groups is 1. The third-order valence-corrected chi connectivity index (χ3v) is 5.01. The minimum absolute atomic E-state index is 0.00646. The Morgan fingerprint density at radius 3 is 2.57 bits per heavy atom. The summed E-state index contributed by atoms with van der Waals surface area (Å²) in [6, 6.07) is 14.2. The lowest BCUT2D eigenvalue weighted by Crippen LogP contribution is -2.11. The highest BCUT2D eigenvalue weighted by atomic mass is 15.2. The second kappa shape index (κ2) is 7.76. The maximum atomic E-state index is 5.71. The van der Waals surface area contributed by atoms with Crippen LogP contribution in [0.1, 0.15) is 39.8 Å². The van der Waals surface area contributed by atoms with Gasteiger partial charge in [-0.15, -0.1) is 0 Å². The molecule has 7 nitrogen and oxygen atoms in total. The van der Waals surface area contributed by atoms with E-state index < -0.39 is 0 Å². The van der Waals surface area contributed by atoms with Gasteiger partial charge in [-0.1, -0.05) is 39.8 Å². The number of aromatic amines is 2. The van der Waals surface area contributed by atoms with Crippen LogP contribution >= 0.6 is 0 Å². The minimum atomic E-state index is 0.00646. The van der Waals surface area contributed by atoms with Gasteiger partial charge in [-0.2, -0.15) is 5.10 Å². The molecule has 2 aromatic heterocycles. The third kappa shape index (κ3) is 3.84. The van der Waals surface area contributed by atoms with Crippen molar-refractivity contribution >= 4 is 28.6 Å². The molecule has 2 heterocycles. The highest BCUT2D eigenvalue weighted by Crippen LogP contribution is 2.32. The standard InChI is InChI=1S/C23H27N7/c1-5-10-25-16-8-6-15(12-19(16)28-24)14-7-9-17-18(11-14)27-22(26-17)20-13-21(30-29-20)23(2,3)4/h6-13,28H,5,24H2,1-4H3,(H,26,27)(H,29,30)/b25-10+. The number of nitrogens with two attached hydrogens (primary N) is 1. The van der Waals surface area contributed by atoms with Gasteiger partial charge in [0.25, 0.3) is 0 Å². The molecule has 0 amide bonds. The van der Waals surface area contributed by atoms with Gasteiger partial charge in [0.15, 0.2) is 5.82 Å². The number of nitrogen functional groups attached to an aromatic ring is 1. The Labute approximate surface area is 175 Å². The molecule has 4 aromatic rings. The van der Waals surface area contributed by atoms with Gasteiger partial charge in [-0.05, 0) is 47.9 Å². The van der Waals surface area contributed by atoms with Crippen molar-refractivity contribution in [3.63, 3.8) is 0 Å². The van der Waals surface area contributed by atoms with E-state index in [1.165, 1.54) is 0 Å². The van der Waals surface area contributed by atoms with Gasteiger partial charge in [-0.3, -0.25) is 15.9 Å². The van der Waals surface area contributed by atoms with Gasteiger partial charge < -0.3 is 10.4 Å². The summed E-state index contributed by atoms with van der Waals surface area (Å²) in [7, 11) is 0. The van der Waals surface area contributed by atoms with Crippen molar-refractivity contribution < 1.29 is 0 Å². The van der Waals surface area contributed by atoms with Crippen LogP contribution in [0.4, 0.5) is 11.4 Å². The topological polar surface area (TPSA) is 108 Å². The van der Waals surface area contributed by atoms with Crippen molar-refractivity contribution in [2.24, 2.45) is 10.8 Å². The first-order valence-electron chi connectivity index (χ1n) is 10.1. The highest BCUT2D eigenvalue weighted by molar-refractivity contribution is 5.86. The number of hydrogen-bond acceptors (Lipinski definition) is 5. The van der Waals surface area contributed by atoms with Gasteiger partial charge in [0.2, 0.25) is 0 Å². The Kier molecular flexibility index (Phi) is 5.13. The van der Waals surface area contributed by atoms with Crippen molar-refractivity contribution in [1.82, 2.24) is 20.2 Å². The van der Waals surface area contributed by atoms with Crippen LogP contribution in [0.2, 0.25) is 0 Å². The van der Waals surface area contributed by atoms with Crippen molar-refractivity contribution in [3.8, 4) is 22.6 Å². The molecule has 0 aliphatic heterocycles. The molecule has 0 bridgehead atoms. The SMILES string of the molecule is CC/C=N/c1ccc(-c2ccc3[nH]c(-c4cc(C(C)(C)C)[nH]n4)nc3c2)cc1NN.